The molecule has 2 aliphatic rings. The van der Waals surface area contributed by atoms with Gasteiger partial charge in [0.15, 0.2) is 0 Å². The van der Waals surface area contributed by atoms with Crippen LogP contribution in [0.3, 0.4) is 0 Å². The van der Waals surface area contributed by atoms with Crippen molar-refractivity contribution in [3.05, 3.63) is 45.9 Å². The van der Waals surface area contributed by atoms with Crippen LogP contribution in [0.1, 0.15) is 24.1 Å². The first-order chi connectivity index (χ1) is 12.2. The van der Waals surface area contributed by atoms with Gasteiger partial charge in [-0.2, -0.15) is 0 Å². The van der Waals surface area contributed by atoms with E-state index in [0.29, 0.717) is 5.95 Å². The molecule has 1 aromatic heterocycles. The predicted octanol–water partition coefficient (Wildman–Crippen LogP) is 2.14. The molecule has 2 aromatic rings. The molecule has 2 heterocycles. The van der Waals surface area contributed by atoms with Crippen LogP contribution in [-0.4, -0.2) is 48.1 Å². The highest BCUT2D eigenvalue weighted by molar-refractivity contribution is 5.59. The fourth-order valence-electron chi connectivity index (χ4n) is 3.62. The van der Waals surface area contributed by atoms with Gasteiger partial charge < -0.3 is 15.1 Å². The van der Waals surface area contributed by atoms with E-state index in [2.05, 4.69) is 44.3 Å². The highest BCUT2D eigenvalue weighted by Crippen LogP contribution is 2.22. The second-order valence-electron chi connectivity index (χ2n) is 7.01. The number of benzene rings is 1. The minimum absolute atomic E-state index is 0.00116. The number of aryl methyl sites for hydroxylation is 1. The van der Waals surface area contributed by atoms with Crippen LogP contribution in [0.5, 0.6) is 0 Å². The molecule has 6 heteroatoms. The lowest BCUT2D eigenvalue weighted by Crippen LogP contribution is -2.44. The van der Waals surface area contributed by atoms with Gasteiger partial charge in [-0.3, -0.25) is 9.78 Å². The van der Waals surface area contributed by atoms with E-state index in [1.54, 1.807) is 0 Å². The second-order valence-corrected chi connectivity index (χ2v) is 7.01. The fraction of sp³-hybridized carbons (Fsp3) is 0.474. The number of nitrogens with zero attached hydrogens (tertiary/aromatic N) is 3. The Morgan fingerprint density at radius 2 is 1.76 bits per heavy atom. The Labute approximate surface area is 147 Å². The summed E-state index contributed by atoms with van der Waals surface area (Å²) in [5.74, 6) is 0.540. The number of likely N-dealkylation sites (N-methyl/N-ethyl adjacent to an activating group) is 1. The molecule has 2 N–H and O–H groups in total. The summed E-state index contributed by atoms with van der Waals surface area (Å²) >= 11 is 0. The first kappa shape index (κ1) is 16.1. The lowest BCUT2D eigenvalue weighted by atomic mass is 9.97. The molecule has 1 saturated heterocycles. The van der Waals surface area contributed by atoms with Crippen molar-refractivity contribution in [1.29, 1.82) is 0 Å². The highest BCUT2D eigenvalue weighted by atomic mass is 16.1. The Kier molecular flexibility index (Phi) is 4.44. The Morgan fingerprint density at radius 1 is 1.04 bits per heavy atom. The van der Waals surface area contributed by atoms with Gasteiger partial charge in [-0.1, -0.05) is 0 Å². The van der Waals surface area contributed by atoms with E-state index in [4.69, 9.17) is 0 Å². The zero-order valence-electron chi connectivity index (χ0n) is 14.7. The van der Waals surface area contributed by atoms with Gasteiger partial charge >= 0.3 is 0 Å². The number of anilines is 3. The highest BCUT2D eigenvalue weighted by Gasteiger charge is 2.16. The topological polar surface area (TPSA) is 64.3 Å². The third-order valence-electron chi connectivity index (χ3n) is 5.19. The number of piperazine rings is 1. The average molecular weight is 339 g/mol. The molecule has 0 amide bonds. The SMILES string of the molecule is CN1CCN(c2ccc(Nc3nc4c(c(=O)[nH]3)CCCC4)cc2)CC1. The summed E-state index contributed by atoms with van der Waals surface area (Å²) in [6.45, 7) is 4.31. The summed E-state index contributed by atoms with van der Waals surface area (Å²) in [6, 6.07) is 8.36. The maximum absolute atomic E-state index is 12.2. The van der Waals surface area contributed by atoms with Crippen molar-refractivity contribution < 1.29 is 0 Å². The summed E-state index contributed by atoms with van der Waals surface area (Å²) < 4.78 is 0. The van der Waals surface area contributed by atoms with Gasteiger partial charge in [-0.05, 0) is 57.0 Å². The predicted molar refractivity (Wildman–Crippen MR) is 101 cm³/mol. The molecule has 0 unspecified atom stereocenters. The zero-order valence-corrected chi connectivity index (χ0v) is 14.7. The Hall–Kier alpha value is -2.34. The van der Waals surface area contributed by atoms with Crippen LogP contribution in [0, 0.1) is 0 Å². The molecular weight excluding hydrogens is 314 g/mol. The van der Waals surface area contributed by atoms with Gasteiger partial charge in [-0.25, -0.2) is 4.98 Å². The number of fused-ring (bicyclic) bond motifs is 1. The Bertz CT molecular complexity index is 790. The maximum Gasteiger partial charge on any atom is 0.255 e. The summed E-state index contributed by atoms with van der Waals surface area (Å²) in [7, 11) is 2.16. The Morgan fingerprint density at radius 3 is 2.52 bits per heavy atom. The third kappa shape index (κ3) is 3.54. The van der Waals surface area contributed by atoms with Gasteiger partial charge in [0, 0.05) is 43.1 Å². The van der Waals surface area contributed by atoms with Crippen LogP contribution in [0.2, 0.25) is 0 Å². The first-order valence-corrected chi connectivity index (χ1v) is 9.12. The minimum Gasteiger partial charge on any atom is -0.369 e. The monoisotopic (exact) mass is 339 g/mol. The van der Waals surface area contributed by atoms with Crippen LogP contribution in [-0.2, 0) is 12.8 Å². The smallest absolute Gasteiger partial charge is 0.255 e. The van der Waals surface area contributed by atoms with Crippen molar-refractivity contribution in [3.8, 4) is 0 Å². The number of aromatic amines is 1. The van der Waals surface area contributed by atoms with E-state index < -0.39 is 0 Å². The van der Waals surface area contributed by atoms with Crippen LogP contribution < -0.4 is 15.8 Å². The molecule has 0 atom stereocenters. The molecule has 1 aliphatic carbocycles. The van der Waals surface area contributed by atoms with E-state index in [-0.39, 0.29) is 5.56 Å². The molecule has 1 fully saturated rings. The van der Waals surface area contributed by atoms with E-state index in [1.807, 2.05) is 12.1 Å². The van der Waals surface area contributed by atoms with Gasteiger partial charge in [0.25, 0.3) is 5.56 Å². The largest absolute Gasteiger partial charge is 0.369 e. The molecule has 4 rings (SSSR count). The van der Waals surface area contributed by atoms with Gasteiger partial charge in [0.1, 0.15) is 0 Å². The lowest BCUT2D eigenvalue weighted by molar-refractivity contribution is 0.313. The average Bonchev–Trinajstić information content (AvgIpc) is 2.63. The molecule has 0 spiro atoms. The summed E-state index contributed by atoms with van der Waals surface area (Å²) in [4.78, 5) is 24.5. The number of rotatable bonds is 3. The van der Waals surface area contributed by atoms with E-state index in [9.17, 15) is 4.79 Å². The van der Waals surface area contributed by atoms with E-state index in [1.165, 1.54) is 5.69 Å². The molecule has 6 nitrogen and oxygen atoms in total. The first-order valence-electron chi connectivity index (χ1n) is 9.12. The second kappa shape index (κ2) is 6.88. The van der Waals surface area contributed by atoms with Crippen LogP contribution >= 0.6 is 0 Å². The van der Waals surface area contributed by atoms with Gasteiger partial charge in [0.2, 0.25) is 5.95 Å². The van der Waals surface area contributed by atoms with Gasteiger partial charge in [-0.15, -0.1) is 0 Å². The molecular formula is C19H25N5O. The number of H-pyrrole nitrogens is 1. The quantitative estimate of drug-likeness (QED) is 0.897. The molecule has 1 aromatic carbocycles. The molecule has 0 radical (unpaired) electrons. The van der Waals surface area contributed by atoms with Gasteiger partial charge in [0.05, 0.1) is 5.69 Å². The van der Waals surface area contributed by atoms with Crippen LogP contribution in [0.25, 0.3) is 0 Å². The van der Waals surface area contributed by atoms with Crippen molar-refractivity contribution in [2.75, 3.05) is 43.4 Å². The lowest BCUT2D eigenvalue weighted by Gasteiger charge is -2.34. The number of nitrogens with one attached hydrogen (secondary N) is 2. The maximum atomic E-state index is 12.2. The Balaban J connectivity index is 1.48. The number of hydrogen-bond acceptors (Lipinski definition) is 5. The fourth-order valence-corrected chi connectivity index (χ4v) is 3.62. The molecule has 0 saturated carbocycles. The van der Waals surface area contributed by atoms with E-state index >= 15 is 0 Å². The number of aromatic nitrogens is 2. The van der Waals surface area contributed by atoms with Crippen LogP contribution in [0.15, 0.2) is 29.1 Å². The molecule has 0 bridgehead atoms. The molecule has 132 valence electrons. The standard InChI is InChI=1S/C19H25N5O/c1-23-10-12-24(13-11-23)15-8-6-14(7-9-15)20-19-21-17-5-3-2-4-16(17)18(25)22-19/h6-9H,2-5,10-13H2,1H3,(H2,20,21,22,25). The van der Waals surface area contributed by atoms with Crippen molar-refractivity contribution >= 4 is 17.3 Å². The number of hydrogen-bond donors (Lipinski definition) is 2. The van der Waals surface area contributed by atoms with Crippen molar-refractivity contribution in [1.82, 2.24) is 14.9 Å². The molecule has 25 heavy (non-hydrogen) atoms. The summed E-state index contributed by atoms with van der Waals surface area (Å²) in [5.41, 5.74) is 4.00. The molecule has 1 aliphatic heterocycles. The summed E-state index contributed by atoms with van der Waals surface area (Å²) in [6.07, 6.45) is 3.94. The zero-order chi connectivity index (χ0) is 17.2. The van der Waals surface area contributed by atoms with Crippen LogP contribution in [0.4, 0.5) is 17.3 Å². The minimum atomic E-state index is 0.00116. The van der Waals surface area contributed by atoms with Crippen molar-refractivity contribution in [3.63, 3.8) is 0 Å². The third-order valence-corrected chi connectivity index (χ3v) is 5.19. The normalized spacial score (nSPS) is 18.0. The van der Waals surface area contributed by atoms with Crippen molar-refractivity contribution in [2.45, 2.75) is 25.7 Å². The van der Waals surface area contributed by atoms with E-state index in [0.717, 1.165) is 68.8 Å². The summed E-state index contributed by atoms with van der Waals surface area (Å²) in [5, 5.41) is 3.24. The van der Waals surface area contributed by atoms with Crippen molar-refractivity contribution in [2.24, 2.45) is 0 Å².